The molecule has 26 heavy (non-hydrogen) atoms. The molecule has 0 amide bonds. The molecule has 0 spiro atoms. The summed E-state index contributed by atoms with van der Waals surface area (Å²) in [5.74, 6) is 2.40. The van der Waals surface area contributed by atoms with Crippen molar-refractivity contribution in [3.63, 3.8) is 0 Å². The van der Waals surface area contributed by atoms with Gasteiger partial charge in [0.25, 0.3) is 0 Å². The van der Waals surface area contributed by atoms with Crippen LogP contribution in [-0.2, 0) is 0 Å². The van der Waals surface area contributed by atoms with E-state index in [1.807, 2.05) is 30.3 Å². The number of carbonyl (C=O) groups excluding carboxylic acids is 1. The second-order valence-electron chi connectivity index (χ2n) is 5.77. The quantitative estimate of drug-likeness (QED) is 0.466. The molecular formula is C21H15ClO4. The van der Waals surface area contributed by atoms with Crippen LogP contribution < -0.4 is 9.47 Å². The Morgan fingerprint density at radius 2 is 1.81 bits per heavy atom. The van der Waals surface area contributed by atoms with Crippen molar-refractivity contribution in [2.45, 2.75) is 0 Å². The molecular weight excluding hydrogens is 352 g/mol. The number of benzene rings is 2. The molecule has 4 nitrogen and oxygen atoms in total. The third kappa shape index (κ3) is 3.51. The predicted molar refractivity (Wildman–Crippen MR) is 100.0 cm³/mol. The number of carbonyl (C=O) groups is 1. The summed E-state index contributed by atoms with van der Waals surface area (Å²) in [7, 11) is 0. The number of fused-ring (bicyclic) bond motifs is 1. The maximum absolute atomic E-state index is 12.4. The van der Waals surface area contributed by atoms with Crippen molar-refractivity contribution in [3.05, 3.63) is 77.0 Å². The van der Waals surface area contributed by atoms with E-state index in [1.165, 1.54) is 6.08 Å². The third-order valence-electron chi connectivity index (χ3n) is 3.96. The molecule has 1 aliphatic rings. The highest BCUT2D eigenvalue weighted by atomic mass is 35.5. The molecule has 0 N–H and O–H groups in total. The number of hydrogen-bond acceptors (Lipinski definition) is 4. The fourth-order valence-corrected chi connectivity index (χ4v) is 2.88. The lowest BCUT2D eigenvalue weighted by Gasteiger charge is -2.18. The minimum Gasteiger partial charge on any atom is -0.486 e. The highest BCUT2D eigenvalue weighted by molar-refractivity contribution is 6.30. The first-order chi connectivity index (χ1) is 12.7. The maximum atomic E-state index is 12.4. The summed E-state index contributed by atoms with van der Waals surface area (Å²) in [5, 5.41) is 0.643. The average Bonchev–Trinajstić information content (AvgIpc) is 3.15. The van der Waals surface area contributed by atoms with Gasteiger partial charge in [0.05, 0.1) is 0 Å². The summed E-state index contributed by atoms with van der Waals surface area (Å²) in [6, 6.07) is 16.2. The summed E-state index contributed by atoms with van der Waals surface area (Å²) < 4.78 is 16.7. The molecule has 0 radical (unpaired) electrons. The Hall–Kier alpha value is -2.98. The van der Waals surface area contributed by atoms with E-state index in [0.29, 0.717) is 46.8 Å². The topological polar surface area (TPSA) is 48.7 Å². The Morgan fingerprint density at radius 3 is 2.65 bits per heavy atom. The number of furan rings is 1. The molecule has 0 bridgehead atoms. The number of halogens is 1. The van der Waals surface area contributed by atoms with Gasteiger partial charge < -0.3 is 13.9 Å². The Kier molecular flexibility index (Phi) is 4.50. The van der Waals surface area contributed by atoms with Gasteiger partial charge in [-0.05, 0) is 54.6 Å². The van der Waals surface area contributed by atoms with E-state index in [9.17, 15) is 4.79 Å². The fourth-order valence-electron chi connectivity index (χ4n) is 2.69. The van der Waals surface area contributed by atoms with Crippen LogP contribution in [0.1, 0.15) is 16.1 Å². The molecule has 0 saturated heterocycles. The molecule has 130 valence electrons. The van der Waals surface area contributed by atoms with Gasteiger partial charge in [0, 0.05) is 16.1 Å². The van der Waals surface area contributed by atoms with Gasteiger partial charge in [-0.1, -0.05) is 23.7 Å². The fraction of sp³-hybridized carbons (Fsp3) is 0.0952. The lowest BCUT2D eigenvalue weighted by molar-refractivity contribution is 0.104. The molecule has 3 aromatic rings. The van der Waals surface area contributed by atoms with Crippen molar-refractivity contribution in [2.24, 2.45) is 0 Å². The second-order valence-corrected chi connectivity index (χ2v) is 6.20. The Balaban J connectivity index is 1.50. The summed E-state index contributed by atoms with van der Waals surface area (Å²) in [5.41, 5.74) is 1.42. The zero-order chi connectivity index (χ0) is 17.9. The molecule has 1 aromatic heterocycles. The van der Waals surface area contributed by atoms with E-state index in [2.05, 4.69) is 0 Å². The van der Waals surface area contributed by atoms with Gasteiger partial charge in [0.15, 0.2) is 17.3 Å². The van der Waals surface area contributed by atoms with Crippen LogP contribution in [0.5, 0.6) is 11.5 Å². The van der Waals surface area contributed by atoms with Gasteiger partial charge in [-0.3, -0.25) is 4.79 Å². The first kappa shape index (κ1) is 16.5. The van der Waals surface area contributed by atoms with Crippen molar-refractivity contribution in [1.29, 1.82) is 0 Å². The summed E-state index contributed by atoms with van der Waals surface area (Å²) >= 11 is 6.00. The Morgan fingerprint density at radius 1 is 0.962 bits per heavy atom. The highest BCUT2D eigenvalue weighted by Crippen LogP contribution is 2.31. The predicted octanol–water partition coefficient (Wildman–Crippen LogP) is 5.27. The molecule has 4 rings (SSSR count). The maximum Gasteiger partial charge on any atom is 0.186 e. The standard InChI is InChI=1S/C21H15ClO4/c22-16-3-1-2-15(12-16)19-9-6-17(26-19)5-7-18(23)14-4-8-20-21(13-14)25-11-10-24-20/h1-9,12-13H,10-11H2/b7-5+. The van der Waals surface area contributed by atoms with Crippen molar-refractivity contribution >= 4 is 23.5 Å². The van der Waals surface area contributed by atoms with Crippen LogP contribution in [0.25, 0.3) is 17.4 Å². The van der Waals surface area contributed by atoms with Crippen LogP contribution in [0.15, 0.2) is 65.1 Å². The summed E-state index contributed by atoms with van der Waals surface area (Å²) in [6.45, 7) is 1.01. The zero-order valence-corrected chi connectivity index (χ0v) is 14.5. The zero-order valence-electron chi connectivity index (χ0n) is 13.8. The normalized spacial score (nSPS) is 13.1. The first-order valence-electron chi connectivity index (χ1n) is 8.17. The Labute approximate surface area is 155 Å². The van der Waals surface area contributed by atoms with Gasteiger partial charge in [0.2, 0.25) is 0 Å². The number of hydrogen-bond donors (Lipinski definition) is 0. The molecule has 5 heteroatoms. The van der Waals surface area contributed by atoms with E-state index in [-0.39, 0.29) is 5.78 Å². The molecule has 2 heterocycles. The second kappa shape index (κ2) is 7.10. The van der Waals surface area contributed by atoms with Gasteiger partial charge in [-0.25, -0.2) is 0 Å². The van der Waals surface area contributed by atoms with Crippen molar-refractivity contribution in [1.82, 2.24) is 0 Å². The van der Waals surface area contributed by atoms with Crippen LogP contribution in [0.2, 0.25) is 5.02 Å². The first-order valence-corrected chi connectivity index (χ1v) is 8.55. The van der Waals surface area contributed by atoms with E-state index in [1.54, 1.807) is 30.3 Å². The summed E-state index contributed by atoms with van der Waals surface area (Å²) in [6.07, 6.45) is 3.12. The SMILES string of the molecule is O=C(/C=C/c1ccc(-c2cccc(Cl)c2)o1)c1ccc2c(c1)OCCO2. The minimum atomic E-state index is -0.136. The van der Waals surface area contributed by atoms with Gasteiger partial charge in [0.1, 0.15) is 24.7 Å². The molecule has 0 aliphatic carbocycles. The molecule has 0 saturated carbocycles. The van der Waals surface area contributed by atoms with Crippen LogP contribution >= 0.6 is 11.6 Å². The van der Waals surface area contributed by atoms with E-state index >= 15 is 0 Å². The van der Waals surface area contributed by atoms with E-state index < -0.39 is 0 Å². The molecule has 0 fully saturated rings. The van der Waals surface area contributed by atoms with Crippen LogP contribution in [-0.4, -0.2) is 19.0 Å². The molecule has 0 unspecified atom stereocenters. The number of rotatable bonds is 4. The number of ether oxygens (including phenoxy) is 2. The van der Waals surface area contributed by atoms with Gasteiger partial charge >= 0.3 is 0 Å². The average molecular weight is 367 g/mol. The molecule has 2 aromatic carbocycles. The lowest BCUT2D eigenvalue weighted by atomic mass is 10.1. The van der Waals surface area contributed by atoms with E-state index in [4.69, 9.17) is 25.5 Å². The third-order valence-corrected chi connectivity index (χ3v) is 4.20. The van der Waals surface area contributed by atoms with Crippen LogP contribution in [0, 0.1) is 0 Å². The van der Waals surface area contributed by atoms with Gasteiger partial charge in [-0.15, -0.1) is 0 Å². The van der Waals surface area contributed by atoms with Crippen LogP contribution in [0.4, 0.5) is 0 Å². The highest BCUT2D eigenvalue weighted by Gasteiger charge is 2.14. The smallest absolute Gasteiger partial charge is 0.186 e. The van der Waals surface area contributed by atoms with E-state index in [0.717, 1.165) is 5.56 Å². The van der Waals surface area contributed by atoms with Crippen molar-refractivity contribution in [2.75, 3.05) is 13.2 Å². The number of allylic oxidation sites excluding steroid dienone is 1. The van der Waals surface area contributed by atoms with Crippen molar-refractivity contribution < 1.29 is 18.7 Å². The monoisotopic (exact) mass is 366 g/mol. The lowest BCUT2D eigenvalue weighted by Crippen LogP contribution is -2.15. The molecule has 0 atom stereocenters. The Bertz CT molecular complexity index is 987. The van der Waals surface area contributed by atoms with Gasteiger partial charge in [-0.2, -0.15) is 0 Å². The van der Waals surface area contributed by atoms with Crippen LogP contribution in [0.3, 0.4) is 0 Å². The molecule has 1 aliphatic heterocycles. The minimum absolute atomic E-state index is 0.136. The number of ketones is 1. The largest absolute Gasteiger partial charge is 0.486 e. The van der Waals surface area contributed by atoms with Crippen molar-refractivity contribution in [3.8, 4) is 22.8 Å². The summed E-state index contributed by atoms with van der Waals surface area (Å²) in [4.78, 5) is 12.4.